The van der Waals surface area contributed by atoms with E-state index in [0.717, 1.165) is 22.9 Å². The van der Waals surface area contributed by atoms with E-state index in [-0.39, 0.29) is 0 Å². The van der Waals surface area contributed by atoms with E-state index >= 15 is 0 Å². The third-order valence-electron chi connectivity index (χ3n) is 1.12. The zero-order valence-electron chi connectivity index (χ0n) is 5.74. The van der Waals surface area contributed by atoms with Gasteiger partial charge in [-0.05, 0) is 12.1 Å². The molecule has 0 aliphatic heterocycles. The van der Waals surface area contributed by atoms with Crippen molar-refractivity contribution in [1.29, 1.82) is 10.8 Å². The van der Waals surface area contributed by atoms with Crippen LogP contribution in [-0.2, 0) is 0 Å². The minimum atomic E-state index is 0.377. The van der Waals surface area contributed by atoms with Gasteiger partial charge in [-0.3, -0.25) is 10.4 Å². The molecule has 0 amide bonds. The largest absolute Gasteiger partial charge is 0.301 e. The molecule has 0 atom stereocenters. The average Bonchev–Trinajstić information content (AvgIpc) is 2.07. The Morgan fingerprint density at radius 1 is 1.45 bits per heavy atom. The Labute approximate surface area is 68.9 Å². The van der Waals surface area contributed by atoms with Crippen LogP contribution in [0.3, 0.4) is 0 Å². The van der Waals surface area contributed by atoms with Crippen LogP contribution in [0.2, 0.25) is 0 Å². The molecule has 1 aromatic rings. The van der Waals surface area contributed by atoms with Gasteiger partial charge in [0.05, 0.1) is 10.6 Å². The summed E-state index contributed by atoms with van der Waals surface area (Å²) in [5.41, 5.74) is 1.94. The number of hydrogen-bond acceptors (Lipinski definition) is 4. The summed E-state index contributed by atoms with van der Waals surface area (Å²) in [5, 5.41) is 14.6. The molecule has 11 heavy (non-hydrogen) atoms. The van der Waals surface area contributed by atoms with Gasteiger partial charge in [-0.25, -0.2) is 0 Å². The highest BCUT2D eigenvalue weighted by Crippen LogP contribution is 2.07. The average molecular weight is 165 g/mol. The smallest absolute Gasteiger partial charge is 0.1000 e. The lowest BCUT2D eigenvalue weighted by Crippen LogP contribution is -1.91. The van der Waals surface area contributed by atoms with Gasteiger partial charge in [0.2, 0.25) is 0 Å². The standard InChI is InChI=1S/C7H7N3S/c8-5-11-7(9)6-1-3-10-4-2-6/h1-5,8-9H. The fraction of sp³-hybridized carbons (Fsp3) is 0. The summed E-state index contributed by atoms with van der Waals surface area (Å²) in [7, 11) is 0. The second kappa shape index (κ2) is 3.88. The molecule has 0 unspecified atom stereocenters. The molecular formula is C7H7N3S. The summed E-state index contributed by atoms with van der Waals surface area (Å²) in [6.45, 7) is 0. The molecule has 0 saturated heterocycles. The summed E-state index contributed by atoms with van der Waals surface area (Å²) in [4.78, 5) is 3.82. The Bertz CT molecular complexity index is 258. The fourth-order valence-electron chi connectivity index (χ4n) is 0.630. The van der Waals surface area contributed by atoms with E-state index in [1.165, 1.54) is 0 Å². The van der Waals surface area contributed by atoms with Crippen LogP contribution in [0.1, 0.15) is 5.56 Å². The van der Waals surface area contributed by atoms with Gasteiger partial charge in [-0.2, -0.15) is 0 Å². The Kier molecular flexibility index (Phi) is 2.80. The van der Waals surface area contributed by atoms with Crippen molar-refractivity contribution < 1.29 is 0 Å². The molecule has 56 valence electrons. The van der Waals surface area contributed by atoms with Crippen molar-refractivity contribution in [3.05, 3.63) is 30.1 Å². The third kappa shape index (κ3) is 2.16. The highest BCUT2D eigenvalue weighted by molar-refractivity contribution is 8.25. The molecule has 3 nitrogen and oxygen atoms in total. The predicted molar refractivity (Wildman–Crippen MR) is 47.4 cm³/mol. The number of hydrogen-bond donors (Lipinski definition) is 2. The molecule has 0 spiro atoms. The number of rotatable bonds is 2. The zero-order valence-corrected chi connectivity index (χ0v) is 6.56. The van der Waals surface area contributed by atoms with E-state index in [9.17, 15) is 0 Å². The quantitative estimate of drug-likeness (QED) is 0.518. The van der Waals surface area contributed by atoms with Crippen molar-refractivity contribution in [1.82, 2.24) is 4.98 Å². The summed E-state index contributed by atoms with van der Waals surface area (Å²) < 4.78 is 0. The second-order valence-electron chi connectivity index (χ2n) is 1.80. The van der Waals surface area contributed by atoms with E-state index < -0.39 is 0 Å². The SMILES string of the molecule is N=CSC(=N)c1ccncc1. The van der Waals surface area contributed by atoms with Gasteiger partial charge in [0.15, 0.2) is 0 Å². The maximum Gasteiger partial charge on any atom is 0.1000 e. The van der Waals surface area contributed by atoms with Crippen molar-refractivity contribution in [3.8, 4) is 0 Å². The first-order chi connectivity index (χ1) is 5.34. The lowest BCUT2D eigenvalue weighted by molar-refractivity contribution is 1.32. The first kappa shape index (κ1) is 7.94. The highest BCUT2D eigenvalue weighted by atomic mass is 32.2. The van der Waals surface area contributed by atoms with Crippen molar-refractivity contribution >= 4 is 22.4 Å². The van der Waals surface area contributed by atoms with Crippen molar-refractivity contribution in [2.75, 3.05) is 0 Å². The van der Waals surface area contributed by atoms with E-state index in [1.54, 1.807) is 24.5 Å². The summed E-state index contributed by atoms with van der Waals surface area (Å²) in [6.07, 6.45) is 3.27. The fourth-order valence-corrected chi connectivity index (χ4v) is 1.02. The van der Waals surface area contributed by atoms with Crippen LogP contribution in [0.15, 0.2) is 24.5 Å². The van der Waals surface area contributed by atoms with Crippen LogP contribution in [0.5, 0.6) is 0 Å². The molecule has 1 aromatic heterocycles. The Morgan fingerprint density at radius 2 is 2.09 bits per heavy atom. The van der Waals surface area contributed by atoms with Crippen LogP contribution < -0.4 is 0 Å². The van der Waals surface area contributed by atoms with Crippen LogP contribution in [0.4, 0.5) is 0 Å². The van der Waals surface area contributed by atoms with Gasteiger partial charge in [-0.1, -0.05) is 11.8 Å². The highest BCUT2D eigenvalue weighted by Gasteiger charge is 1.97. The Hall–Kier alpha value is -1.16. The molecular weight excluding hydrogens is 158 g/mol. The first-order valence-electron chi connectivity index (χ1n) is 2.99. The van der Waals surface area contributed by atoms with Gasteiger partial charge in [-0.15, -0.1) is 0 Å². The lowest BCUT2D eigenvalue weighted by atomic mass is 10.3. The molecule has 0 aliphatic rings. The van der Waals surface area contributed by atoms with Gasteiger partial charge < -0.3 is 5.41 Å². The normalized spacial score (nSPS) is 9.09. The van der Waals surface area contributed by atoms with Crippen LogP contribution in [-0.4, -0.2) is 15.6 Å². The molecule has 2 N–H and O–H groups in total. The van der Waals surface area contributed by atoms with Crippen LogP contribution >= 0.6 is 11.8 Å². The Morgan fingerprint density at radius 3 is 2.64 bits per heavy atom. The van der Waals surface area contributed by atoms with Crippen molar-refractivity contribution in [2.24, 2.45) is 0 Å². The predicted octanol–water partition coefficient (Wildman–Crippen LogP) is 1.75. The number of aromatic nitrogens is 1. The van der Waals surface area contributed by atoms with Gasteiger partial charge in [0.25, 0.3) is 0 Å². The van der Waals surface area contributed by atoms with Gasteiger partial charge >= 0.3 is 0 Å². The van der Waals surface area contributed by atoms with E-state index in [0.29, 0.717) is 5.04 Å². The van der Waals surface area contributed by atoms with Gasteiger partial charge in [0.1, 0.15) is 0 Å². The zero-order chi connectivity index (χ0) is 8.10. The minimum Gasteiger partial charge on any atom is -0.301 e. The Balaban J connectivity index is 2.77. The third-order valence-corrected chi connectivity index (χ3v) is 1.71. The minimum absolute atomic E-state index is 0.377. The monoisotopic (exact) mass is 165 g/mol. The second-order valence-corrected chi connectivity index (χ2v) is 2.68. The maximum absolute atomic E-state index is 7.41. The summed E-state index contributed by atoms with van der Waals surface area (Å²) in [6, 6.07) is 3.50. The van der Waals surface area contributed by atoms with Gasteiger partial charge in [0, 0.05) is 18.0 Å². The molecule has 0 fully saturated rings. The van der Waals surface area contributed by atoms with Crippen LogP contribution in [0, 0.1) is 10.8 Å². The van der Waals surface area contributed by atoms with Crippen molar-refractivity contribution in [3.63, 3.8) is 0 Å². The number of thioether (sulfide) groups is 1. The summed E-state index contributed by atoms with van der Waals surface area (Å²) >= 11 is 1.08. The summed E-state index contributed by atoms with van der Waals surface area (Å²) in [5.74, 6) is 0. The number of nitrogens with zero attached hydrogens (tertiary/aromatic N) is 1. The van der Waals surface area contributed by atoms with E-state index in [2.05, 4.69) is 4.98 Å². The molecule has 0 radical (unpaired) electrons. The van der Waals surface area contributed by atoms with E-state index in [1.807, 2.05) is 0 Å². The number of pyridine rings is 1. The lowest BCUT2D eigenvalue weighted by Gasteiger charge is -1.96. The topological polar surface area (TPSA) is 60.6 Å². The van der Waals surface area contributed by atoms with Crippen LogP contribution in [0.25, 0.3) is 0 Å². The molecule has 0 aliphatic carbocycles. The molecule has 1 rings (SSSR count). The maximum atomic E-state index is 7.41. The molecule has 0 saturated carbocycles. The molecule has 4 heteroatoms. The number of nitrogens with one attached hydrogen (secondary N) is 2. The molecule has 0 bridgehead atoms. The first-order valence-corrected chi connectivity index (χ1v) is 3.87. The molecule has 1 heterocycles. The molecule has 0 aromatic carbocycles. The van der Waals surface area contributed by atoms with Crippen molar-refractivity contribution in [2.45, 2.75) is 0 Å². The van der Waals surface area contributed by atoms with E-state index in [4.69, 9.17) is 10.8 Å².